The Balaban J connectivity index is 4.59. The largest absolute Gasteiger partial charge is 0.465 e. The predicted octanol–water partition coefficient (Wildman–Crippen LogP) is 1.20. The molecule has 1 N–H and O–H groups in total. The Labute approximate surface area is 56.3 Å². The second kappa shape index (κ2) is 2.61. The third-order valence-electron chi connectivity index (χ3n) is 0.695. The minimum atomic E-state index is -6.05. The number of carbonyl (C=O) groups excluding carboxylic acids is 1. The molecule has 0 atom stereocenters. The van der Waals surface area contributed by atoms with Crippen molar-refractivity contribution >= 4 is 5.97 Å². The molecule has 0 aliphatic carbocycles. The van der Waals surface area contributed by atoms with Gasteiger partial charge in [0.1, 0.15) is 0 Å². The molecule has 8 heteroatoms. The highest BCUT2D eigenvalue weighted by Gasteiger charge is 2.65. The minimum absolute atomic E-state index is 2.23. The van der Waals surface area contributed by atoms with Crippen molar-refractivity contribution in [1.29, 1.82) is 0 Å². The molecule has 3 nitrogen and oxygen atoms in total. The number of hydrogen-bond acceptors (Lipinski definition) is 3. The van der Waals surface area contributed by atoms with Gasteiger partial charge in [0.05, 0.1) is 0 Å². The summed E-state index contributed by atoms with van der Waals surface area (Å²) < 4.78 is 56.5. The third-order valence-corrected chi connectivity index (χ3v) is 0.695. The zero-order chi connectivity index (χ0) is 9.28. The molecule has 11 heavy (non-hydrogen) atoms. The van der Waals surface area contributed by atoms with Crippen LogP contribution in [0.2, 0.25) is 0 Å². The van der Waals surface area contributed by atoms with Gasteiger partial charge in [-0.15, -0.1) is 0 Å². The maximum Gasteiger partial charge on any atom is 0.465 e. The molecule has 0 spiro atoms. The van der Waals surface area contributed by atoms with E-state index in [1.54, 1.807) is 0 Å². The molecule has 66 valence electrons. The number of carbonyl (C=O) groups is 1. The molecule has 0 radical (unpaired) electrons. The Morgan fingerprint density at radius 2 is 1.55 bits per heavy atom. The lowest BCUT2D eigenvalue weighted by molar-refractivity contribution is -0.311. The van der Waals surface area contributed by atoms with Crippen LogP contribution in [0.15, 0.2) is 0 Å². The van der Waals surface area contributed by atoms with Crippen molar-refractivity contribution in [3.05, 3.63) is 0 Å². The molecule has 0 bridgehead atoms. The topological polar surface area (TPSA) is 46.5 Å². The third kappa shape index (κ3) is 1.76. The van der Waals surface area contributed by atoms with Crippen molar-refractivity contribution in [2.75, 3.05) is 0 Å². The van der Waals surface area contributed by atoms with Crippen LogP contribution in [0.3, 0.4) is 0 Å². The van der Waals surface area contributed by atoms with Crippen LogP contribution in [0, 0.1) is 0 Å². The maximum atomic E-state index is 11.6. The fraction of sp³-hybridized carbons (Fsp3) is 0.667. The number of alkyl halides is 5. The van der Waals surface area contributed by atoms with Gasteiger partial charge >= 0.3 is 18.1 Å². The van der Waals surface area contributed by atoms with Gasteiger partial charge < -0.3 is 0 Å². The van der Waals surface area contributed by atoms with Gasteiger partial charge in [-0.25, -0.2) is 4.79 Å². The average molecular weight is 180 g/mol. The van der Waals surface area contributed by atoms with E-state index in [2.05, 4.69) is 4.89 Å². The van der Waals surface area contributed by atoms with E-state index in [1.165, 1.54) is 0 Å². The lowest BCUT2D eigenvalue weighted by Gasteiger charge is -2.14. The summed E-state index contributed by atoms with van der Waals surface area (Å²) in [6.45, 7) is 0. The van der Waals surface area contributed by atoms with E-state index in [9.17, 15) is 26.7 Å². The Kier molecular flexibility index (Phi) is 2.39. The van der Waals surface area contributed by atoms with Crippen LogP contribution >= 0.6 is 0 Å². The molecule has 0 aliphatic rings. The van der Waals surface area contributed by atoms with E-state index in [1.807, 2.05) is 0 Å². The molecule has 0 aliphatic heterocycles. The van der Waals surface area contributed by atoms with E-state index in [4.69, 9.17) is 5.26 Å². The summed E-state index contributed by atoms with van der Waals surface area (Å²) in [6, 6.07) is 0. The summed E-state index contributed by atoms with van der Waals surface area (Å²) in [5.74, 6) is -8.72. The molecule has 0 unspecified atom stereocenters. The summed E-state index contributed by atoms with van der Waals surface area (Å²) >= 11 is 0. The quantitative estimate of drug-likeness (QED) is 0.374. The first kappa shape index (κ1) is 10.1. The number of hydrogen-bond donors (Lipinski definition) is 1. The predicted molar refractivity (Wildman–Crippen MR) is 19.7 cm³/mol. The van der Waals surface area contributed by atoms with Gasteiger partial charge in [-0.05, 0) is 0 Å². The van der Waals surface area contributed by atoms with Crippen LogP contribution < -0.4 is 0 Å². The van der Waals surface area contributed by atoms with Crippen molar-refractivity contribution in [2.24, 2.45) is 0 Å². The van der Waals surface area contributed by atoms with Crippen LogP contribution in [0.5, 0.6) is 0 Å². The van der Waals surface area contributed by atoms with Gasteiger partial charge in [-0.3, -0.25) is 4.89 Å². The SMILES string of the molecule is O=C(OO)C(F)(F)C(F)(F)F. The summed E-state index contributed by atoms with van der Waals surface area (Å²) in [5.41, 5.74) is 0. The molecular weight excluding hydrogens is 179 g/mol. The molecule has 0 fully saturated rings. The zero-order valence-corrected chi connectivity index (χ0v) is 4.65. The first-order valence-corrected chi connectivity index (χ1v) is 2.04. The van der Waals surface area contributed by atoms with E-state index in [0.717, 1.165) is 0 Å². The zero-order valence-electron chi connectivity index (χ0n) is 4.65. The van der Waals surface area contributed by atoms with Crippen molar-refractivity contribution in [3.63, 3.8) is 0 Å². The first-order valence-electron chi connectivity index (χ1n) is 2.04. The molecule has 0 saturated carbocycles. The van der Waals surface area contributed by atoms with Gasteiger partial charge in [0.15, 0.2) is 0 Å². The Morgan fingerprint density at radius 1 is 1.18 bits per heavy atom. The monoisotopic (exact) mass is 180 g/mol. The normalized spacial score (nSPS) is 12.9. The average Bonchev–Trinajstić information content (AvgIpc) is 1.83. The fourth-order valence-electron chi connectivity index (χ4n) is 0.173. The molecule has 0 heterocycles. The smallest absolute Gasteiger partial charge is 0.294 e. The summed E-state index contributed by atoms with van der Waals surface area (Å²) in [4.78, 5) is 11.8. The highest BCUT2D eigenvalue weighted by Crippen LogP contribution is 2.35. The van der Waals surface area contributed by atoms with Gasteiger partial charge in [0, 0.05) is 0 Å². The number of rotatable bonds is 1. The molecule has 0 rings (SSSR count). The van der Waals surface area contributed by atoms with Crippen molar-refractivity contribution < 1.29 is 36.9 Å². The van der Waals surface area contributed by atoms with Gasteiger partial charge in [0.2, 0.25) is 0 Å². The van der Waals surface area contributed by atoms with Gasteiger partial charge in [0.25, 0.3) is 0 Å². The second-order valence-corrected chi connectivity index (χ2v) is 1.45. The standard InChI is InChI=1S/C3HF5O3/c4-2(5,1(9)11-10)3(6,7)8/h10H. The second-order valence-electron chi connectivity index (χ2n) is 1.45. The molecular formula is C3HF5O3. The fourth-order valence-corrected chi connectivity index (χ4v) is 0.173. The van der Waals surface area contributed by atoms with Crippen LogP contribution in [-0.4, -0.2) is 23.3 Å². The highest BCUT2D eigenvalue weighted by molar-refractivity contribution is 5.77. The van der Waals surface area contributed by atoms with Crippen LogP contribution in [-0.2, 0) is 9.68 Å². The Hall–Kier alpha value is -0.920. The van der Waals surface area contributed by atoms with Gasteiger partial charge in [-0.2, -0.15) is 27.2 Å². The van der Waals surface area contributed by atoms with Crippen LogP contribution in [0.1, 0.15) is 0 Å². The molecule has 0 aromatic heterocycles. The van der Waals surface area contributed by atoms with Gasteiger partial charge in [-0.1, -0.05) is 0 Å². The summed E-state index contributed by atoms with van der Waals surface area (Å²) in [7, 11) is 0. The highest BCUT2D eigenvalue weighted by atomic mass is 19.4. The summed E-state index contributed by atoms with van der Waals surface area (Å²) in [6.07, 6.45) is -6.05. The molecule has 0 aromatic carbocycles. The van der Waals surface area contributed by atoms with Crippen LogP contribution in [0.25, 0.3) is 0 Å². The van der Waals surface area contributed by atoms with Crippen molar-refractivity contribution in [1.82, 2.24) is 0 Å². The Morgan fingerprint density at radius 3 is 1.64 bits per heavy atom. The Bertz CT molecular complexity index is 161. The first-order chi connectivity index (χ1) is 4.73. The number of halogens is 5. The molecule has 0 aromatic rings. The molecule has 0 amide bonds. The van der Waals surface area contributed by atoms with E-state index in [-0.39, 0.29) is 0 Å². The molecule has 0 saturated heterocycles. The van der Waals surface area contributed by atoms with Crippen LogP contribution in [0.4, 0.5) is 22.0 Å². The maximum absolute atomic E-state index is 11.6. The summed E-state index contributed by atoms with van der Waals surface area (Å²) in [5, 5.41) is 7.20. The minimum Gasteiger partial charge on any atom is -0.294 e. The van der Waals surface area contributed by atoms with E-state index >= 15 is 0 Å². The lowest BCUT2D eigenvalue weighted by atomic mass is 10.3. The van der Waals surface area contributed by atoms with Crippen molar-refractivity contribution in [2.45, 2.75) is 12.1 Å². The lowest BCUT2D eigenvalue weighted by Crippen LogP contribution is -2.44. The van der Waals surface area contributed by atoms with E-state index in [0.29, 0.717) is 0 Å². The van der Waals surface area contributed by atoms with E-state index < -0.39 is 18.1 Å². The van der Waals surface area contributed by atoms with Crippen molar-refractivity contribution in [3.8, 4) is 0 Å².